The lowest BCUT2D eigenvalue weighted by Gasteiger charge is -2.26. The monoisotopic (exact) mass is 333 g/mol. The van der Waals surface area contributed by atoms with Crippen LogP contribution < -0.4 is 5.32 Å². The first-order chi connectivity index (χ1) is 8.48. The maximum atomic E-state index is 14.3. The first-order valence-electron chi connectivity index (χ1n) is 6.35. The fraction of sp³-hybridized carbons (Fsp3) is 0.571. The summed E-state index contributed by atoms with van der Waals surface area (Å²) in [6.45, 7) is 5.20. The standard InChI is InChI=1S/C14H18BrClFN/c1-3-18-9-6-7-14(2,8-9)10-4-5-11(15)12(16)13(10)17/h4-5,9,18H,3,6-8H2,1-2H3. The van der Waals surface area contributed by atoms with Crippen molar-refractivity contribution in [1.82, 2.24) is 5.32 Å². The second-order valence-corrected chi connectivity index (χ2v) is 6.51. The van der Waals surface area contributed by atoms with Crippen molar-refractivity contribution in [3.8, 4) is 0 Å². The van der Waals surface area contributed by atoms with Crippen LogP contribution in [0.25, 0.3) is 0 Å². The molecule has 1 nitrogen and oxygen atoms in total. The minimum absolute atomic E-state index is 0.110. The van der Waals surface area contributed by atoms with Crippen LogP contribution in [0.4, 0.5) is 4.39 Å². The van der Waals surface area contributed by atoms with Crippen LogP contribution >= 0.6 is 27.5 Å². The second-order valence-electron chi connectivity index (χ2n) is 5.28. The molecule has 1 aliphatic carbocycles. The molecule has 0 aliphatic heterocycles. The molecule has 1 aliphatic rings. The van der Waals surface area contributed by atoms with Gasteiger partial charge in [0.1, 0.15) is 5.82 Å². The molecule has 2 atom stereocenters. The molecule has 0 saturated heterocycles. The number of benzene rings is 1. The van der Waals surface area contributed by atoms with E-state index in [1.54, 1.807) is 0 Å². The molecule has 2 unspecified atom stereocenters. The number of hydrogen-bond acceptors (Lipinski definition) is 1. The molecule has 1 N–H and O–H groups in total. The molecule has 1 fully saturated rings. The minimum Gasteiger partial charge on any atom is -0.314 e. The quantitative estimate of drug-likeness (QED) is 0.793. The van der Waals surface area contributed by atoms with E-state index >= 15 is 0 Å². The maximum absolute atomic E-state index is 14.3. The third kappa shape index (κ3) is 2.59. The molecule has 1 aromatic rings. The normalized spacial score (nSPS) is 27.7. The molecule has 4 heteroatoms. The molecule has 18 heavy (non-hydrogen) atoms. The smallest absolute Gasteiger partial charge is 0.146 e. The Bertz CT molecular complexity index is 452. The predicted octanol–water partition coefficient (Wildman–Crippen LogP) is 4.66. The summed E-state index contributed by atoms with van der Waals surface area (Å²) >= 11 is 9.24. The van der Waals surface area contributed by atoms with Crippen molar-refractivity contribution in [3.05, 3.63) is 33.0 Å². The van der Waals surface area contributed by atoms with E-state index in [0.29, 0.717) is 10.5 Å². The van der Waals surface area contributed by atoms with E-state index < -0.39 is 0 Å². The Labute approximate surface area is 121 Å². The number of nitrogens with one attached hydrogen (secondary N) is 1. The molecule has 100 valence electrons. The highest BCUT2D eigenvalue weighted by Gasteiger charge is 2.38. The predicted molar refractivity (Wildman–Crippen MR) is 77.8 cm³/mol. The Morgan fingerprint density at radius 3 is 2.94 bits per heavy atom. The topological polar surface area (TPSA) is 12.0 Å². The van der Waals surface area contributed by atoms with E-state index in [-0.39, 0.29) is 16.3 Å². The summed E-state index contributed by atoms with van der Waals surface area (Å²) in [7, 11) is 0. The van der Waals surface area contributed by atoms with Crippen molar-refractivity contribution in [1.29, 1.82) is 0 Å². The van der Waals surface area contributed by atoms with Crippen molar-refractivity contribution >= 4 is 27.5 Å². The maximum Gasteiger partial charge on any atom is 0.146 e. The number of halogens is 3. The van der Waals surface area contributed by atoms with Crippen LogP contribution in [0.1, 0.15) is 38.7 Å². The van der Waals surface area contributed by atoms with Crippen LogP contribution in [0.2, 0.25) is 5.02 Å². The molecule has 0 radical (unpaired) electrons. The van der Waals surface area contributed by atoms with Crippen molar-refractivity contribution in [2.24, 2.45) is 0 Å². The van der Waals surface area contributed by atoms with Gasteiger partial charge in [-0.05, 0) is 58.8 Å². The van der Waals surface area contributed by atoms with Crippen LogP contribution in [0.15, 0.2) is 16.6 Å². The van der Waals surface area contributed by atoms with Gasteiger partial charge in [-0.15, -0.1) is 0 Å². The van der Waals surface area contributed by atoms with Gasteiger partial charge in [0, 0.05) is 10.5 Å². The van der Waals surface area contributed by atoms with Crippen LogP contribution in [0.5, 0.6) is 0 Å². The van der Waals surface area contributed by atoms with Crippen LogP contribution in [-0.2, 0) is 5.41 Å². The summed E-state index contributed by atoms with van der Waals surface area (Å²) in [6, 6.07) is 4.19. The third-order valence-electron chi connectivity index (χ3n) is 3.92. The van der Waals surface area contributed by atoms with Crippen molar-refractivity contribution in [2.45, 2.75) is 44.6 Å². The van der Waals surface area contributed by atoms with E-state index in [0.717, 1.165) is 31.4 Å². The first-order valence-corrected chi connectivity index (χ1v) is 7.52. The van der Waals surface area contributed by atoms with Crippen molar-refractivity contribution in [3.63, 3.8) is 0 Å². The molecular formula is C14H18BrClFN. The van der Waals surface area contributed by atoms with Gasteiger partial charge in [-0.3, -0.25) is 0 Å². The zero-order valence-electron chi connectivity index (χ0n) is 10.7. The first kappa shape index (κ1) is 14.3. The van der Waals surface area contributed by atoms with Crippen LogP contribution in [0, 0.1) is 5.82 Å². The Morgan fingerprint density at radius 1 is 1.56 bits per heavy atom. The van der Waals surface area contributed by atoms with E-state index in [9.17, 15) is 4.39 Å². The average molecular weight is 335 g/mol. The Hall–Kier alpha value is -0.120. The molecule has 0 spiro atoms. The van der Waals surface area contributed by atoms with Gasteiger partial charge in [-0.2, -0.15) is 0 Å². The van der Waals surface area contributed by atoms with Crippen LogP contribution in [0.3, 0.4) is 0 Å². The molecular weight excluding hydrogens is 317 g/mol. The summed E-state index contributed by atoms with van der Waals surface area (Å²) in [5, 5.41) is 3.65. The Balaban J connectivity index is 2.29. The summed E-state index contributed by atoms with van der Waals surface area (Å²) in [5.41, 5.74) is 0.637. The lowest BCUT2D eigenvalue weighted by molar-refractivity contribution is 0.435. The van der Waals surface area contributed by atoms with Crippen LogP contribution in [-0.4, -0.2) is 12.6 Å². The molecule has 0 aromatic heterocycles. The third-order valence-corrected chi connectivity index (χ3v) is 5.18. The highest BCUT2D eigenvalue weighted by Crippen LogP contribution is 2.44. The molecule has 2 rings (SSSR count). The zero-order chi connectivity index (χ0) is 13.3. The fourth-order valence-corrected chi connectivity index (χ4v) is 3.41. The molecule has 0 bridgehead atoms. The summed E-state index contributed by atoms with van der Waals surface area (Å²) in [4.78, 5) is 0. The van der Waals surface area contributed by atoms with Gasteiger partial charge in [0.25, 0.3) is 0 Å². The van der Waals surface area contributed by atoms with E-state index in [1.165, 1.54) is 0 Å². The average Bonchev–Trinajstić information content (AvgIpc) is 2.69. The van der Waals surface area contributed by atoms with E-state index in [4.69, 9.17) is 11.6 Å². The highest BCUT2D eigenvalue weighted by atomic mass is 79.9. The molecule has 0 heterocycles. The SMILES string of the molecule is CCNC1CCC(C)(c2ccc(Br)c(Cl)c2F)C1. The second kappa shape index (κ2) is 5.48. The van der Waals surface area contributed by atoms with Gasteiger partial charge in [0.2, 0.25) is 0 Å². The fourth-order valence-electron chi connectivity index (χ4n) is 2.94. The van der Waals surface area contributed by atoms with Gasteiger partial charge < -0.3 is 5.32 Å². The molecule has 1 aromatic carbocycles. The molecule has 0 amide bonds. The van der Waals surface area contributed by atoms with E-state index in [2.05, 4.69) is 35.1 Å². The lowest BCUT2D eigenvalue weighted by atomic mass is 9.80. The van der Waals surface area contributed by atoms with Gasteiger partial charge in [-0.25, -0.2) is 4.39 Å². The Morgan fingerprint density at radius 2 is 2.28 bits per heavy atom. The zero-order valence-corrected chi connectivity index (χ0v) is 13.0. The number of rotatable bonds is 3. The van der Waals surface area contributed by atoms with Gasteiger partial charge in [0.05, 0.1) is 5.02 Å². The highest BCUT2D eigenvalue weighted by molar-refractivity contribution is 9.10. The van der Waals surface area contributed by atoms with Gasteiger partial charge in [-0.1, -0.05) is 31.5 Å². The van der Waals surface area contributed by atoms with Crippen molar-refractivity contribution < 1.29 is 4.39 Å². The van der Waals surface area contributed by atoms with Gasteiger partial charge >= 0.3 is 0 Å². The van der Waals surface area contributed by atoms with E-state index in [1.807, 2.05) is 12.1 Å². The number of hydrogen-bond donors (Lipinski definition) is 1. The van der Waals surface area contributed by atoms with Gasteiger partial charge in [0.15, 0.2) is 0 Å². The Kier molecular flexibility index (Phi) is 4.35. The summed E-state index contributed by atoms with van der Waals surface area (Å²) in [5.74, 6) is -0.273. The largest absolute Gasteiger partial charge is 0.314 e. The van der Waals surface area contributed by atoms with Crippen molar-refractivity contribution in [2.75, 3.05) is 6.54 Å². The minimum atomic E-state index is -0.273. The lowest BCUT2D eigenvalue weighted by Crippen LogP contribution is -2.29. The summed E-state index contributed by atoms with van der Waals surface area (Å²) < 4.78 is 14.9. The summed E-state index contributed by atoms with van der Waals surface area (Å²) in [6.07, 6.45) is 3.06. The molecule has 1 saturated carbocycles.